The van der Waals surface area contributed by atoms with Crippen molar-refractivity contribution in [2.24, 2.45) is 0 Å². The first kappa shape index (κ1) is 20.2. The van der Waals surface area contributed by atoms with Crippen LogP contribution in [0.15, 0.2) is 0 Å². The van der Waals surface area contributed by atoms with Crippen LogP contribution in [0.25, 0.3) is 0 Å². The molecule has 1 aliphatic heterocycles. The minimum absolute atomic E-state index is 0.170. The van der Waals surface area contributed by atoms with E-state index < -0.39 is 32.1 Å². The van der Waals surface area contributed by atoms with Gasteiger partial charge in [0.05, 0.1) is 16.7 Å². The monoisotopic (exact) mass is 330 g/mol. The highest BCUT2D eigenvalue weighted by Gasteiger charge is 2.57. The Hall–Kier alpha value is 0.122. The van der Waals surface area contributed by atoms with E-state index in [9.17, 15) is 5.11 Å². The lowest BCUT2D eigenvalue weighted by Crippen LogP contribution is -2.48. The van der Waals surface area contributed by atoms with Gasteiger partial charge in [0.25, 0.3) is 0 Å². The van der Waals surface area contributed by atoms with Crippen molar-refractivity contribution in [1.29, 1.82) is 0 Å². The number of aliphatic hydroxyl groups is 1. The first-order chi connectivity index (χ1) is 9.52. The van der Waals surface area contributed by atoms with Gasteiger partial charge in [-0.2, -0.15) is 0 Å². The van der Waals surface area contributed by atoms with Crippen molar-refractivity contribution < 1.29 is 18.8 Å². The molecule has 0 amide bonds. The van der Waals surface area contributed by atoms with Crippen LogP contribution in [0, 0.1) is 0 Å². The molecule has 22 heavy (non-hydrogen) atoms. The number of rotatable bonds is 5. The third kappa shape index (κ3) is 4.15. The minimum Gasteiger partial charge on any atom is -0.417 e. The Kier molecular flexibility index (Phi) is 5.39. The third-order valence-electron chi connectivity index (χ3n) is 5.64. The quantitative estimate of drug-likeness (QED) is 0.779. The van der Waals surface area contributed by atoms with E-state index in [1.54, 1.807) is 6.92 Å². The molecule has 1 aliphatic rings. The Balaban J connectivity index is 2.63. The lowest BCUT2D eigenvalue weighted by atomic mass is 9.67. The molecule has 1 rings (SSSR count). The van der Waals surface area contributed by atoms with Crippen molar-refractivity contribution in [2.45, 2.75) is 96.6 Å². The first-order valence-corrected chi connectivity index (χ1v) is 11.1. The van der Waals surface area contributed by atoms with Gasteiger partial charge in [0, 0.05) is 6.61 Å². The summed E-state index contributed by atoms with van der Waals surface area (Å²) < 4.78 is 18.1. The molecule has 0 radical (unpaired) electrons. The lowest BCUT2D eigenvalue weighted by Gasteiger charge is -2.37. The predicted octanol–water partition coefficient (Wildman–Crippen LogP) is 3.78. The van der Waals surface area contributed by atoms with Crippen LogP contribution in [0.2, 0.25) is 18.1 Å². The Labute approximate surface area is 138 Å². The second kappa shape index (κ2) is 5.88. The molecule has 0 aromatic rings. The standard InChI is InChI=1S/C16H35BO4Si/c1-13(2,3)22(9,10)19-12-11-16(8,18)17-20-14(4,5)15(6,7)21-17/h18H,11-12H2,1-10H3. The summed E-state index contributed by atoms with van der Waals surface area (Å²) in [5, 5.41) is 10.9. The molecule has 1 saturated heterocycles. The van der Waals surface area contributed by atoms with E-state index in [2.05, 4.69) is 33.9 Å². The molecule has 0 saturated carbocycles. The molecule has 0 spiro atoms. The fourth-order valence-electron chi connectivity index (χ4n) is 1.94. The van der Waals surface area contributed by atoms with Crippen molar-refractivity contribution in [3.63, 3.8) is 0 Å². The molecule has 130 valence electrons. The van der Waals surface area contributed by atoms with Crippen LogP contribution in [-0.2, 0) is 13.7 Å². The van der Waals surface area contributed by atoms with Gasteiger partial charge >= 0.3 is 7.12 Å². The smallest absolute Gasteiger partial charge is 0.417 e. The molecule has 0 aromatic carbocycles. The highest BCUT2D eigenvalue weighted by atomic mass is 28.4. The van der Waals surface area contributed by atoms with Crippen molar-refractivity contribution in [2.75, 3.05) is 6.61 Å². The normalized spacial score (nSPS) is 24.4. The first-order valence-electron chi connectivity index (χ1n) is 8.24. The Morgan fingerprint density at radius 1 is 1.00 bits per heavy atom. The SMILES string of the molecule is CC(O)(CCO[Si](C)(C)C(C)(C)C)B1OC(C)(C)C(C)(C)O1. The fraction of sp³-hybridized carbons (Fsp3) is 1.00. The Morgan fingerprint density at radius 2 is 1.41 bits per heavy atom. The summed E-state index contributed by atoms with van der Waals surface area (Å²) in [7, 11) is -2.42. The molecule has 6 heteroatoms. The van der Waals surface area contributed by atoms with E-state index in [-0.39, 0.29) is 5.04 Å². The van der Waals surface area contributed by atoms with Crippen molar-refractivity contribution in [1.82, 2.24) is 0 Å². The van der Waals surface area contributed by atoms with Gasteiger partial charge in [-0.15, -0.1) is 0 Å². The Bertz CT molecular complexity index is 383. The van der Waals surface area contributed by atoms with Crippen molar-refractivity contribution >= 4 is 15.4 Å². The maximum atomic E-state index is 10.8. The minimum atomic E-state index is -1.79. The van der Waals surface area contributed by atoms with Crippen LogP contribution in [0.4, 0.5) is 0 Å². The van der Waals surface area contributed by atoms with Gasteiger partial charge in [-0.25, -0.2) is 0 Å². The highest BCUT2D eigenvalue weighted by molar-refractivity contribution is 6.74. The summed E-state index contributed by atoms with van der Waals surface area (Å²) in [6, 6.07) is 0. The van der Waals surface area contributed by atoms with Crippen LogP contribution in [0.3, 0.4) is 0 Å². The van der Waals surface area contributed by atoms with E-state index in [4.69, 9.17) is 13.7 Å². The van der Waals surface area contributed by atoms with Crippen LogP contribution in [0.1, 0.15) is 61.8 Å². The maximum Gasteiger partial charge on any atom is 0.491 e. The summed E-state index contributed by atoms with van der Waals surface area (Å²) in [4.78, 5) is 0. The van der Waals surface area contributed by atoms with E-state index in [1.807, 2.05) is 27.7 Å². The number of hydrogen-bond acceptors (Lipinski definition) is 4. The van der Waals surface area contributed by atoms with Crippen molar-refractivity contribution in [3.8, 4) is 0 Å². The largest absolute Gasteiger partial charge is 0.491 e. The molecule has 1 atom stereocenters. The van der Waals surface area contributed by atoms with Gasteiger partial charge in [0.2, 0.25) is 0 Å². The molecular formula is C16H35BO4Si. The third-order valence-corrected chi connectivity index (χ3v) is 10.2. The molecular weight excluding hydrogens is 295 g/mol. The van der Waals surface area contributed by atoms with Gasteiger partial charge < -0.3 is 18.8 Å². The summed E-state index contributed by atoms with van der Waals surface area (Å²) in [6.07, 6.45) is 0.496. The topological polar surface area (TPSA) is 47.9 Å². The van der Waals surface area contributed by atoms with Crippen LogP contribution in [0.5, 0.6) is 0 Å². The summed E-state index contributed by atoms with van der Waals surface area (Å²) >= 11 is 0. The molecule has 4 nitrogen and oxygen atoms in total. The van der Waals surface area contributed by atoms with Crippen LogP contribution < -0.4 is 0 Å². The average Bonchev–Trinajstić information content (AvgIpc) is 2.46. The van der Waals surface area contributed by atoms with E-state index >= 15 is 0 Å². The zero-order chi connectivity index (χ0) is 17.6. The molecule has 0 bridgehead atoms. The maximum absolute atomic E-state index is 10.8. The summed E-state index contributed by atoms with van der Waals surface area (Å²) in [5.41, 5.74) is -1.92. The predicted molar refractivity (Wildman–Crippen MR) is 94.5 cm³/mol. The van der Waals surface area contributed by atoms with E-state index in [0.717, 1.165) is 0 Å². The van der Waals surface area contributed by atoms with Gasteiger partial charge in [-0.1, -0.05) is 20.8 Å². The fourth-order valence-corrected chi connectivity index (χ4v) is 2.99. The Morgan fingerprint density at radius 3 is 1.77 bits per heavy atom. The second-order valence-corrected chi connectivity index (χ2v) is 14.1. The van der Waals surface area contributed by atoms with Gasteiger partial charge in [0.15, 0.2) is 8.32 Å². The molecule has 0 aliphatic carbocycles. The van der Waals surface area contributed by atoms with Gasteiger partial charge in [0.1, 0.15) is 0 Å². The molecule has 1 heterocycles. The summed E-state index contributed by atoms with van der Waals surface area (Å²) in [5.74, 6) is 0. The highest BCUT2D eigenvalue weighted by Crippen LogP contribution is 2.41. The lowest BCUT2D eigenvalue weighted by molar-refractivity contribution is 0.00578. The van der Waals surface area contributed by atoms with Gasteiger partial charge in [-0.3, -0.25) is 0 Å². The van der Waals surface area contributed by atoms with Gasteiger partial charge in [-0.05, 0) is 59.2 Å². The molecule has 1 unspecified atom stereocenters. The molecule has 1 fully saturated rings. The second-order valence-electron chi connectivity index (χ2n) is 9.30. The molecule has 0 aromatic heterocycles. The zero-order valence-electron chi connectivity index (χ0n) is 16.2. The van der Waals surface area contributed by atoms with E-state index in [0.29, 0.717) is 13.0 Å². The van der Waals surface area contributed by atoms with E-state index in [1.165, 1.54) is 0 Å². The van der Waals surface area contributed by atoms with Crippen LogP contribution in [-0.4, -0.2) is 43.9 Å². The number of hydrogen-bond donors (Lipinski definition) is 1. The molecule has 1 N–H and O–H groups in total. The average molecular weight is 330 g/mol. The summed E-state index contributed by atoms with van der Waals surface area (Å²) in [6.45, 7) is 21.3. The zero-order valence-corrected chi connectivity index (χ0v) is 17.2. The van der Waals surface area contributed by atoms with Crippen LogP contribution >= 0.6 is 0 Å². The van der Waals surface area contributed by atoms with Crippen molar-refractivity contribution in [3.05, 3.63) is 0 Å².